The van der Waals surface area contributed by atoms with Gasteiger partial charge in [0, 0.05) is 30.2 Å². The summed E-state index contributed by atoms with van der Waals surface area (Å²) in [5, 5.41) is 43.8. The predicted molar refractivity (Wildman–Crippen MR) is 302 cm³/mol. The molecule has 0 heterocycles. The molecule has 0 bridgehead atoms. The fourth-order valence-electron chi connectivity index (χ4n) is 4.98. The van der Waals surface area contributed by atoms with Gasteiger partial charge in [0.25, 0.3) is 0 Å². The summed E-state index contributed by atoms with van der Waals surface area (Å²) < 4.78 is 4.29. The summed E-state index contributed by atoms with van der Waals surface area (Å²) in [5.74, 6) is 0.553. The summed E-state index contributed by atoms with van der Waals surface area (Å²) in [6.07, 6.45) is 23.7. The molecule has 0 atom stereocenters. The van der Waals surface area contributed by atoms with Gasteiger partial charge >= 0.3 is 5.97 Å². The zero-order chi connectivity index (χ0) is 53.2. The van der Waals surface area contributed by atoms with Crippen molar-refractivity contribution >= 4 is 5.97 Å². The Balaban J connectivity index is -0.0000000951. The molecule has 0 amide bonds. The number of hydrogen-bond acceptors (Lipinski definition) is 15. The van der Waals surface area contributed by atoms with Crippen molar-refractivity contribution in [2.24, 2.45) is 5.92 Å². The Morgan fingerprint density at radius 3 is 1.00 bits per heavy atom. The van der Waals surface area contributed by atoms with E-state index in [4.69, 9.17) is 5.26 Å². The van der Waals surface area contributed by atoms with E-state index in [1.54, 1.807) is 14.1 Å². The number of likely N-dealkylation sites (N-methyl/N-ethyl adjacent to an activating group) is 1. The maximum atomic E-state index is 10.1. The second-order valence-electron chi connectivity index (χ2n) is 17.3. The van der Waals surface area contributed by atoms with E-state index in [0.29, 0.717) is 12.6 Å². The standard InChI is InChI=1S/C7H15N.C6H13N.C5H11N.2C5H13N.C4H9NO2.C4H9N.2C4H11N.C3H6N2.C3H9N.C2H7N/c1-8-7-5-3-2-4-6-7;1-7-6-4-2-3-5-6;1-6-5-3-2-4-5;1-5(2)4-6-3;1-3-4-5-6-2;1-5-3-4(6)7-2;1-5-4-2-3-4;1-4(2)5-3;1-3-4-5-2;1-5-3-2-4;1-3-4-2;1-3-2/h7-8H,2-6H2,1H3;6-7H,2-5H2,1H3;5-6H,2-4H2,1H3;5-6H,4H2,1-3H3;6H,3-5H2,1-2H3;5H,3H2,1-2H3;4-5H,2-3H2,1H3;4-5H,1-3H3;5H,3-4H2,1-2H3;5H,3H2,1H3;4H,3H2,1-2H3;3H,1-2H3. The average molecular weight is 967 g/mol. The highest BCUT2D eigenvalue weighted by Gasteiger charge is 2.17. The second kappa shape index (κ2) is 81.5. The largest absolute Gasteiger partial charge is 0.468 e. The molecule has 4 aliphatic rings. The summed E-state index contributed by atoms with van der Waals surface area (Å²) in [4.78, 5) is 10.1. The van der Waals surface area contributed by atoms with Crippen molar-refractivity contribution in [3.05, 3.63) is 0 Å². The minimum absolute atomic E-state index is 0.234. The van der Waals surface area contributed by atoms with Gasteiger partial charge in [-0.15, -0.1) is 0 Å². The Hall–Kier alpha value is -1.52. The highest BCUT2D eigenvalue weighted by Crippen LogP contribution is 2.18. The molecule has 0 aromatic carbocycles. The number of esters is 1. The van der Waals surface area contributed by atoms with Gasteiger partial charge in [0.1, 0.15) is 0 Å². The average Bonchev–Trinajstić information content (AvgIpc) is 4.02. The van der Waals surface area contributed by atoms with E-state index in [1.807, 2.05) is 69.5 Å². The third kappa shape index (κ3) is 107. The van der Waals surface area contributed by atoms with Gasteiger partial charge in [0.15, 0.2) is 0 Å². The fourth-order valence-corrected chi connectivity index (χ4v) is 4.98. The SMILES string of the molecule is CCCCNC.CCCNC.CCNC.CNC.CNC(C)C.CNC1CC1.CNC1CCC1.CNC1CCCC1.CNC1CCCCC1.CNCC#N.CNCC(=O)OC.CNCC(C)C. The smallest absolute Gasteiger partial charge is 0.319 e. The molecule has 0 aromatic heterocycles. The van der Waals surface area contributed by atoms with Crippen LogP contribution in [-0.4, -0.2) is 174 Å². The Bertz CT molecular complexity index is 807. The number of rotatable bonds is 16. The van der Waals surface area contributed by atoms with Crippen molar-refractivity contribution in [1.82, 2.24) is 63.8 Å². The lowest BCUT2D eigenvalue weighted by Crippen LogP contribution is -2.31. The summed E-state index contributed by atoms with van der Waals surface area (Å²) in [7, 11) is 26.5. The number of hydrogen-bond donors (Lipinski definition) is 12. The van der Waals surface area contributed by atoms with E-state index in [1.165, 1.54) is 116 Å². The highest BCUT2D eigenvalue weighted by molar-refractivity contribution is 5.71. The van der Waals surface area contributed by atoms with Crippen molar-refractivity contribution in [3.63, 3.8) is 0 Å². The molecule has 0 aromatic rings. The van der Waals surface area contributed by atoms with Crippen molar-refractivity contribution in [2.45, 2.75) is 188 Å². The first-order chi connectivity index (χ1) is 32.1. The Morgan fingerprint density at radius 1 is 0.537 bits per heavy atom. The maximum absolute atomic E-state index is 10.1. The first-order valence-corrected chi connectivity index (χ1v) is 26.4. The van der Waals surface area contributed by atoms with E-state index in [9.17, 15) is 4.79 Å². The molecule has 4 saturated carbocycles. The van der Waals surface area contributed by atoms with Gasteiger partial charge in [-0.2, -0.15) is 5.26 Å². The molecule has 0 saturated heterocycles. The first-order valence-electron chi connectivity index (χ1n) is 26.4. The monoisotopic (exact) mass is 966 g/mol. The summed E-state index contributed by atoms with van der Waals surface area (Å²) >= 11 is 0. The molecule has 0 unspecified atom stereocenters. The number of nitriles is 1. The first kappa shape index (κ1) is 82.4. The molecular weight excluding hydrogens is 839 g/mol. The lowest BCUT2D eigenvalue weighted by molar-refractivity contribution is -0.139. The van der Waals surface area contributed by atoms with Gasteiger partial charge in [-0.1, -0.05) is 93.4 Å². The molecule has 0 spiro atoms. The number of unbranched alkanes of at least 4 members (excludes halogenated alkanes) is 1. The van der Waals surface area contributed by atoms with Crippen LogP contribution in [0.5, 0.6) is 0 Å². The molecule has 15 nitrogen and oxygen atoms in total. The summed E-state index contributed by atoms with van der Waals surface area (Å²) in [6.45, 7) is 20.2. The van der Waals surface area contributed by atoms with Crippen LogP contribution in [0.15, 0.2) is 0 Å². The van der Waals surface area contributed by atoms with Crippen molar-refractivity contribution in [1.29, 1.82) is 5.26 Å². The molecule has 15 heteroatoms. The van der Waals surface area contributed by atoms with Crippen LogP contribution in [-0.2, 0) is 9.53 Å². The van der Waals surface area contributed by atoms with Crippen LogP contribution in [0.25, 0.3) is 0 Å². The third-order valence-corrected chi connectivity index (χ3v) is 9.90. The molecule has 4 fully saturated rings. The third-order valence-electron chi connectivity index (χ3n) is 9.90. The Labute approximate surface area is 421 Å². The predicted octanol–water partition coefficient (Wildman–Crippen LogP) is 6.08. The zero-order valence-electron chi connectivity index (χ0n) is 49.0. The lowest BCUT2D eigenvalue weighted by atomic mass is 9.94. The highest BCUT2D eigenvalue weighted by atomic mass is 16.5. The number of nitrogens with one attached hydrogen (secondary N) is 12. The van der Waals surface area contributed by atoms with E-state index in [0.717, 1.165) is 56.3 Å². The molecule has 67 heavy (non-hydrogen) atoms. The Kier molecular flexibility index (Phi) is 100. The van der Waals surface area contributed by atoms with Crippen LogP contribution in [0, 0.1) is 17.2 Å². The lowest BCUT2D eigenvalue weighted by Gasteiger charge is -2.23. The van der Waals surface area contributed by atoms with Crippen molar-refractivity contribution in [3.8, 4) is 6.07 Å². The van der Waals surface area contributed by atoms with E-state index in [-0.39, 0.29) is 12.5 Å². The van der Waals surface area contributed by atoms with Gasteiger partial charge < -0.3 is 68.5 Å². The summed E-state index contributed by atoms with van der Waals surface area (Å²) in [6, 6.07) is 5.97. The fraction of sp³-hybridized carbons (Fsp3) is 0.962. The number of methoxy groups -OCH3 is 1. The Morgan fingerprint density at radius 2 is 0.910 bits per heavy atom. The van der Waals surface area contributed by atoms with Gasteiger partial charge in [0.05, 0.1) is 26.3 Å². The molecule has 4 aliphatic carbocycles. The van der Waals surface area contributed by atoms with Gasteiger partial charge in [0.2, 0.25) is 0 Å². The summed E-state index contributed by atoms with van der Waals surface area (Å²) in [5.41, 5.74) is 0. The quantitative estimate of drug-likeness (QED) is 0.0484. The normalized spacial score (nSPS) is 14.2. The minimum Gasteiger partial charge on any atom is -0.468 e. The molecule has 12 N–H and O–H groups in total. The molecule has 4 rings (SSSR count). The van der Waals surface area contributed by atoms with Crippen molar-refractivity contribution < 1.29 is 9.53 Å². The number of ether oxygens (including phenoxy) is 1. The second-order valence-corrected chi connectivity index (χ2v) is 17.3. The van der Waals surface area contributed by atoms with Crippen LogP contribution < -0.4 is 63.8 Å². The van der Waals surface area contributed by atoms with Crippen molar-refractivity contribution in [2.75, 3.05) is 138 Å². The minimum atomic E-state index is -0.234. The zero-order valence-corrected chi connectivity index (χ0v) is 49.0. The van der Waals surface area contributed by atoms with Gasteiger partial charge in [-0.3, -0.25) is 4.79 Å². The van der Waals surface area contributed by atoms with Crippen LogP contribution in [0.2, 0.25) is 0 Å². The number of carbonyl (C=O) groups is 1. The molecular formula is C52H127N13O2. The van der Waals surface area contributed by atoms with E-state index in [2.05, 4.69) is 131 Å². The van der Waals surface area contributed by atoms with Crippen LogP contribution in [0.3, 0.4) is 0 Å². The molecule has 412 valence electrons. The van der Waals surface area contributed by atoms with Gasteiger partial charge in [-0.05, 0) is 188 Å². The van der Waals surface area contributed by atoms with Crippen LogP contribution >= 0.6 is 0 Å². The van der Waals surface area contributed by atoms with Crippen LogP contribution in [0.1, 0.15) is 158 Å². The van der Waals surface area contributed by atoms with Gasteiger partial charge in [-0.25, -0.2) is 0 Å². The number of carbonyl (C=O) groups excluding carboxylic acids is 1. The van der Waals surface area contributed by atoms with E-state index < -0.39 is 0 Å². The molecule has 0 radical (unpaired) electrons. The topological polar surface area (TPSA) is 194 Å². The molecule has 0 aliphatic heterocycles. The maximum Gasteiger partial charge on any atom is 0.319 e. The van der Waals surface area contributed by atoms with E-state index >= 15 is 0 Å². The van der Waals surface area contributed by atoms with Crippen LogP contribution in [0.4, 0.5) is 0 Å². The number of nitrogens with zero attached hydrogens (tertiary/aromatic N) is 1.